The Morgan fingerprint density at radius 1 is 1.60 bits per heavy atom. The van der Waals surface area contributed by atoms with Crippen molar-refractivity contribution in [2.75, 3.05) is 6.54 Å². The summed E-state index contributed by atoms with van der Waals surface area (Å²) in [5.74, 6) is -0.132. The molecule has 56 valence electrons. The number of nitrogens with one attached hydrogen (secondary N) is 1. The van der Waals surface area contributed by atoms with Crippen molar-refractivity contribution in [3.8, 4) is 0 Å². The number of nitrogens with zero attached hydrogens (tertiary/aromatic N) is 1. The molecule has 0 bridgehead atoms. The van der Waals surface area contributed by atoms with Crippen LogP contribution < -0.4 is 5.32 Å². The molecule has 4 nitrogen and oxygen atoms in total. The van der Waals surface area contributed by atoms with E-state index in [0.717, 1.165) is 0 Å². The molecule has 1 unspecified atom stereocenters. The Kier molecular flexibility index (Phi) is 1.61. The van der Waals surface area contributed by atoms with Crippen LogP contribution in [0.25, 0.3) is 0 Å². The highest BCUT2D eigenvalue weighted by molar-refractivity contribution is 6.03. The standard InChI is InChI=1S/C6H10N2O2/c1-3-8-5(9)4(2)7-6(8)10/h4H,3H2,1-2H3,(H,7,10). The fourth-order valence-electron chi connectivity index (χ4n) is 0.958. The first kappa shape index (κ1) is 7.05. The monoisotopic (exact) mass is 142 g/mol. The number of amides is 3. The fraction of sp³-hybridized carbons (Fsp3) is 0.667. The molecule has 0 spiro atoms. The van der Waals surface area contributed by atoms with Gasteiger partial charge < -0.3 is 5.32 Å². The Labute approximate surface area is 59.2 Å². The van der Waals surface area contributed by atoms with Crippen LogP contribution in [0.4, 0.5) is 4.79 Å². The first-order valence-electron chi connectivity index (χ1n) is 3.28. The molecule has 1 saturated heterocycles. The second-order valence-electron chi connectivity index (χ2n) is 2.25. The zero-order chi connectivity index (χ0) is 7.72. The highest BCUT2D eigenvalue weighted by atomic mass is 16.2. The summed E-state index contributed by atoms with van der Waals surface area (Å²) in [6, 6.07) is -0.618. The third kappa shape index (κ3) is 0.853. The Hall–Kier alpha value is -1.06. The fourth-order valence-corrected chi connectivity index (χ4v) is 0.958. The van der Waals surface area contributed by atoms with Crippen molar-refractivity contribution < 1.29 is 9.59 Å². The molecule has 0 aromatic heterocycles. The Balaban J connectivity index is 2.74. The van der Waals surface area contributed by atoms with Gasteiger partial charge in [-0.1, -0.05) is 0 Å². The van der Waals surface area contributed by atoms with Crippen LogP contribution in [0.3, 0.4) is 0 Å². The molecule has 1 atom stereocenters. The van der Waals surface area contributed by atoms with Crippen molar-refractivity contribution in [1.82, 2.24) is 10.2 Å². The van der Waals surface area contributed by atoms with Gasteiger partial charge in [0.2, 0.25) is 0 Å². The van der Waals surface area contributed by atoms with E-state index < -0.39 is 0 Å². The number of imide groups is 1. The van der Waals surface area contributed by atoms with Gasteiger partial charge in [-0.25, -0.2) is 4.79 Å². The molecule has 1 aliphatic rings. The third-order valence-electron chi connectivity index (χ3n) is 1.54. The highest BCUT2D eigenvalue weighted by Gasteiger charge is 2.33. The van der Waals surface area contributed by atoms with Crippen LogP contribution in [-0.4, -0.2) is 29.4 Å². The Morgan fingerprint density at radius 2 is 2.20 bits per heavy atom. The van der Waals surface area contributed by atoms with Gasteiger partial charge in [0.15, 0.2) is 0 Å². The average Bonchev–Trinajstić information content (AvgIpc) is 2.09. The first-order valence-corrected chi connectivity index (χ1v) is 3.28. The van der Waals surface area contributed by atoms with Gasteiger partial charge >= 0.3 is 6.03 Å². The quantitative estimate of drug-likeness (QED) is 0.522. The smallest absolute Gasteiger partial charge is 0.324 e. The maximum absolute atomic E-state index is 11.0. The van der Waals surface area contributed by atoms with E-state index in [0.29, 0.717) is 6.54 Å². The average molecular weight is 142 g/mol. The van der Waals surface area contributed by atoms with E-state index in [4.69, 9.17) is 0 Å². The van der Waals surface area contributed by atoms with E-state index in [2.05, 4.69) is 5.32 Å². The third-order valence-corrected chi connectivity index (χ3v) is 1.54. The molecular weight excluding hydrogens is 132 g/mol. The van der Waals surface area contributed by atoms with Crippen LogP contribution >= 0.6 is 0 Å². The maximum Gasteiger partial charge on any atom is 0.324 e. The normalized spacial score (nSPS) is 25.4. The largest absolute Gasteiger partial charge is 0.326 e. The summed E-state index contributed by atoms with van der Waals surface area (Å²) in [7, 11) is 0. The van der Waals surface area contributed by atoms with Gasteiger partial charge in [-0.05, 0) is 13.8 Å². The number of hydrogen-bond acceptors (Lipinski definition) is 2. The van der Waals surface area contributed by atoms with Gasteiger partial charge in [-0.15, -0.1) is 0 Å². The summed E-state index contributed by atoms with van der Waals surface area (Å²) >= 11 is 0. The van der Waals surface area contributed by atoms with E-state index >= 15 is 0 Å². The van der Waals surface area contributed by atoms with Crippen LogP contribution in [0.1, 0.15) is 13.8 Å². The lowest BCUT2D eigenvalue weighted by molar-refractivity contribution is -0.126. The lowest BCUT2D eigenvalue weighted by Crippen LogP contribution is -2.30. The molecule has 1 aliphatic heterocycles. The predicted molar refractivity (Wildman–Crippen MR) is 35.4 cm³/mol. The number of rotatable bonds is 1. The van der Waals surface area contributed by atoms with E-state index in [9.17, 15) is 9.59 Å². The van der Waals surface area contributed by atoms with Crippen molar-refractivity contribution in [2.24, 2.45) is 0 Å². The van der Waals surface area contributed by atoms with Crippen LogP contribution in [0.2, 0.25) is 0 Å². The number of likely N-dealkylation sites (N-methyl/N-ethyl adjacent to an activating group) is 1. The number of urea groups is 1. The molecule has 1 fully saturated rings. The number of carbonyl (C=O) groups is 2. The van der Waals surface area contributed by atoms with Crippen molar-refractivity contribution >= 4 is 11.9 Å². The highest BCUT2D eigenvalue weighted by Crippen LogP contribution is 2.03. The van der Waals surface area contributed by atoms with Gasteiger partial charge in [0.1, 0.15) is 6.04 Å². The molecule has 0 radical (unpaired) electrons. The second kappa shape index (κ2) is 2.28. The second-order valence-corrected chi connectivity index (χ2v) is 2.25. The van der Waals surface area contributed by atoms with Crippen LogP contribution in [0.5, 0.6) is 0 Å². The Morgan fingerprint density at radius 3 is 2.40 bits per heavy atom. The lowest BCUT2D eigenvalue weighted by atomic mass is 10.3. The minimum absolute atomic E-state index is 0.132. The van der Waals surface area contributed by atoms with Crippen molar-refractivity contribution in [3.63, 3.8) is 0 Å². The summed E-state index contributed by atoms with van der Waals surface area (Å²) in [5.41, 5.74) is 0. The molecule has 0 aromatic rings. The molecule has 1 heterocycles. The number of hydrogen-bond donors (Lipinski definition) is 1. The molecule has 4 heteroatoms. The van der Waals surface area contributed by atoms with E-state index in [-0.39, 0.29) is 18.0 Å². The summed E-state index contributed by atoms with van der Waals surface area (Å²) in [5, 5.41) is 2.50. The SMILES string of the molecule is CCN1C(=O)NC(C)C1=O. The van der Waals surface area contributed by atoms with Crippen LogP contribution in [-0.2, 0) is 4.79 Å². The number of carbonyl (C=O) groups excluding carboxylic acids is 2. The zero-order valence-corrected chi connectivity index (χ0v) is 6.05. The summed E-state index contributed by atoms with van der Waals surface area (Å²) in [4.78, 5) is 23.0. The van der Waals surface area contributed by atoms with Gasteiger partial charge in [0, 0.05) is 6.54 Å². The lowest BCUT2D eigenvalue weighted by Gasteiger charge is -2.06. The summed E-state index contributed by atoms with van der Waals surface area (Å²) < 4.78 is 0. The molecule has 3 amide bonds. The summed E-state index contributed by atoms with van der Waals surface area (Å²) in [6.07, 6.45) is 0. The zero-order valence-electron chi connectivity index (χ0n) is 6.05. The first-order chi connectivity index (χ1) is 4.66. The van der Waals surface area contributed by atoms with Crippen molar-refractivity contribution in [2.45, 2.75) is 19.9 Å². The molecular formula is C6H10N2O2. The minimum atomic E-state index is -0.340. The van der Waals surface area contributed by atoms with Crippen molar-refractivity contribution in [3.05, 3.63) is 0 Å². The predicted octanol–water partition coefficient (Wildman–Crippen LogP) is -0.0534. The minimum Gasteiger partial charge on any atom is -0.326 e. The molecule has 0 aromatic carbocycles. The Bertz CT molecular complexity index is 179. The maximum atomic E-state index is 11.0. The molecule has 10 heavy (non-hydrogen) atoms. The van der Waals surface area contributed by atoms with Crippen LogP contribution in [0.15, 0.2) is 0 Å². The van der Waals surface area contributed by atoms with E-state index in [1.54, 1.807) is 13.8 Å². The molecule has 0 aliphatic carbocycles. The van der Waals surface area contributed by atoms with Gasteiger partial charge in [0.05, 0.1) is 0 Å². The van der Waals surface area contributed by atoms with Gasteiger partial charge in [0.25, 0.3) is 5.91 Å². The van der Waals surface area contributed by atoms with Gasteiger partial charge in [-0.2, -0.15) is 0 Å². The van der Waals surface area contributed by atoms with E-state index in [1.165, 1.54) is 4.90 Å². The topological polar surface area (TPSA) is 49.4 Å². The van der Waals surface area contributed by atoms with Gasteiger partial charge in [-0.3, -0.25) is 9.69 Å². The summed E-state index contributed by atoms with van der Waals surface area (Å²) in [6.45, 7) is 3.90. The van der Waals surface area contributed by atoms with Crippen LogP contribution in [0, 0.1) is 0 Å². The van der Waals surface area contributed by atoms with Crippen molar-refractivity contribution in [1.29, 1.82) is 0 Å². The molecule has 1 rings (SSSR count). The molecule has 0 saturated carbocycles. The van der Waals surface area contributed by atoms with E-state index in [1.807, 2.05) is 0 Å². The molecule has 1 N–H and O–H groups in total.